The van der Waals surface area contributed by atoms with Crippen molar-refractivity contribution in [2.24, 2.45) is 5.92 Å². The van der Waals surface area contributed by atoms with E-state index in [9.17, 15) is 9.59 Å². The van der Waals surface area contributed by atoms with E-state index < -0.39 is 5.69 Å². The van der Waals surface area contributed by atoms with Crippen molar-refractivity contribution in [1.29, 1.82) is 0 Å². The molecule has 138 valence electrons. The first-order chi connectivity index (χ1) is 12.4. The van der Waals surface area contributed by atoms with Crippen LogP contribution < -0.4 is 5.69 Å². The molecule has 2 aromatic rings. The Kier molecular flexibility index (Phi) is 5.52. The van der Waals surface area contributed by atoms with Gasteiger partial charge in [0.15, 0.2) is 0 Å². The van der Waals surface area contributed by atoms with E-state index in [1.807, 2.05) is 18.2 Å². The molecule has 1 atom stereocenters. The summed E-state index contributed by atoms with van der Waals surface area (Å²) in [6, 6.07) is 12.1. The summed E-state index contributed by atoms with van der Waals surface area (Å²) < 4.78 is 0. The van der Waals surface area contributed by atoms with E-state index >= 15 is 0 Å². The van der Waals surface area contributed by atoms with Crippen LogP contribution in [0.25, 0.3) is 0 Å². The number of carbonyl (C=O) groups excluding carboxylic acids is 1. The van der Waals surface area contributed by atoms with Gasteiger partial charge in [0, 0.05) is 25.3 Å². The average Bonchev–Trinajstić information content (AvgIpc) is 2.61. The van der Waals surface area contributed by atoms with Crippen molar-refractivity contribution in [3.05, 3.63) is 63.8 Å². The standard InChI is InChI=1S/C20H26N4O2/c1-14(2)11-16-12-17(22-20(26)21-16)19(25)24-10-9-23(3)18(13-24)15-7-5-4-6-8-15/h4-8,12,14,18H,9-11,13H2,1-3H3,(H,21,22,26)/t18-/m1/s1. The molecule has 1 N–H and O–H groups in total. The van der Waals surface area contributed by atoms with E-state index in [-0.39, 0.29) is 17.6 Å². The van der Waals surface area contributed by atoms with E-state index in [0.29, 0.717) is 25.4 Å². The molecule has 1 aliphatic rings. The maximum atomic E-state index is 13.0. The highest BCUT2D eigenvalue weighted by Gasteiger charge is 2.29. The van der Waals surface area contributed by atoms with Gasteiger partial charge in [-0.25, -0.2) is 4.79 Å². The zero-order valence-electron chi connectivity index (χ0n) is 15.6. The fourth-order valence-corrected chi connectivity index (χ4v) is 3.42. The first kappa shape index (κ1) is 18.3. The van der Waals surface area contributed by atoms with Crippen molar-refractivity contribution in [2.75, 3.05) is 26.7 Å². The molecule has 3 rings (SSSR count). The summed E-state index contributed by atoms with van der Waals surface area (Å²) >= 11 is 0. The molecule has 0 saturated carbocycles. The highest BCUT2D eigenvalue weighted by Crippen LogP contribution is 2.24. The molecule has 0 radical (unpaired) electrons. The van der Waals surface area contributed by atoms with Crippen LogP contribution in [0.15, 0.2) is 41.2 Å². The van der Waals surface area contributed by atoms with Gasteiger partial charge in [-0.15, -0.1) is 0 Å². The Morgan fingerprint density at radius 1 is 1.27 bits per heavy atom. The number of piperazine rings is 1. The smallest absolute Gasteiger partial charge is 0.334 e. The van der Waals surface area contributed by atoms with Crippen molar-refractivity contribution in [1.82, 2.24) is 19.8 Å². The monoisotopic (exact) mass is 354 g/mol. The topological polar surface area (TPSA) is 69.3 Å². The molecule has 1 saturated heterocycles. The van der Waals surface area contributed by atoms with Crippen LogP contribution in [0.5, 0.6) is 0 Å². The van der Waals surface area contributed by atoms with Crippen LogP contribution in [-0.2, 0) is 6.42 Å². The molecule has 2 heterocycles. The maximum Gasteiger partial charge on any atom is 0.345 e. The number of likely N-dealkylation sites (N-methyl/N-ethyl adjacent to an activating group) is 1. The summed E-state index contributed by atoms with van der Waals surface area (Å²) in [4.78, 5) is 35.6. The van der Waals surface area contributed by atoms with Crippen LogP contribution >= 0.6 is 0 Å². The minimum atomic E-state index is -0.458. The zero-order chi connectivity index (χ0) is 18.7. The molecule has 1 fully saturated rings. The molecule has 6 heteroatoms. The van der Waals surface area contributed by atoms with Crippen LogP contribution in [-0.4, -0.2) is 52.4 Å². The number of nitrogens with zero attached hydrogens (tertiary/aromatic N) is 3. The number of aromatic amines is 1. The van der Waals surface area contributed by atoms with Crippen LogP contribution in [0.4, 0.5) is 0 Å². The molecule has 1 aromatic heterocycles. The number of carbonyl (C=O) groups is 1. The van der Waals surface area contributed by atoms with Gasteiger partial charge in [0.05, 0.1) is 6.04 Å². The second kappa shape index (κ2) is 7.83. The molecule has 0 aliphatic carbocycles. The Bertz CT molecular complexity index is 816. The van der Waals surface area contributed by atoms with Crippen molar-refractivity contribution < 1.29 is 4.79 Å². The minimum absolute atomic E-state index is 0.144. The largest absolute Gasteiger partial charge is 0.345 e. The zero-order valence-corrected chi connectivity index (χ0v) is 15.6. The summed E-state index contributed by atoms with van der Waals surface area (Å²) in [5, 5.41) is 0. The Morgan fingerprint density at radius 3 is 2.69 bits per heavy atom. The van der Waals surface area contributed by atoms with Crippen molar-refractivity contribution >= 4 is 5.91 Å². The first-order valence-corrected chi connectivity index (χ1v) is 9.08. The maximum absolute atomic E-state index is 13.0. The lowest BCUT2D eigenvalue weighted by molar-refractivity contribution is 0.0540. The van der Waals surface area contributed by atoms with Crippen molar-refractivity contribution in [2.45, 2.75) is 26.3 Å². The fourth-order valence-electron chi connectivity index (χ4n) is 3.42. The number of amides is 1. The number of H-pyrrole nitrogens is 1. The Hall–Kier alpha value is -2.47. The third kappa shape index (κ3) is 4.19. The van der Waals surface area contributed by atoms with Gasteiger partial charge >= 0.3 is 5.69 Å². The van der Waals surface area contributed by atoms with E-state index in [1.165, 1.54) is 5.56 Å². The van der Waals surface area contributed by atoms with Crippen LogP contribution in [0.2, 0.25) is 0 Å². The van der Waals surface area contributed by atoms with Crippen LogP contribution in [0.1, 0.15) is 41.6 Å². The summed E-state index contributed by atoms with van der Waals surface area (Å²) in [5.41, 5.74) is 1.73. The van der Waals surface area contributed by atoms with E-state index in [0.717, 1.165) is 12.2 Å². The number of nitrogens with one attached hydrogen (secondary N) is 1. The summed E-state index contributed by atoms with van der Waals surface area (Å²) in [5.74, 6) is 0.220. The van der Waals surface area contributed by atoms with E-state index in [1.54, 1.807) is 11.0 Å². The molecular formula is C20H26N4O2. The van der Waals surface area contributed by atoms with E-state index in [4.69, 9.17) is 0 Å². The molecule has 1 amide bonds. The molecular weight excluding hydrogens is 328 g/mol. The predicted molar refractivity (Wildman–Crippen MR) is 101 cm³/mol. The lowest BCUT2D eigenvalue weighted by Crippen LogP contribution is -2.49. The number of hydrogen-bond donors (Lipinski definition) is 1. The molecule has 6 nitrogen and oxygen atoms in total. The van der Waals surface area contributed by atoms with Gasteiger partial charge in [-0.2, -0.15) is 4.98 Å². The molecule has 1 aromatic carbocycles. The summed E-state index contributed by atoms with van der Waals surface area (Å²) in [6.07, 6.45) is 0.716. The normalized spacial score (nSPS) is 18.3. The lowest BCUT2D eigenvalue weighted by atomic mass is 10.0. The van der Waals surface area contributed by atoms with Gasteiger partial charge in [-0.3, -0.25) is 9.69 Å². The minimum Gasteiger partial charge on any atom is -0.334 e. The molecule has 0 bridgehead atoms. The van der Waals surface area contributed by atoms with Crippen LogP contribution in [0, 0.1) is 5.92 Å². The first-order valence-electron chi connectivity index (χ1n) is 9.08. The average molecular weight is 354 g/mol. The van der Waals surface area contributed by atoms with Crippen molar-refractivity contribution in [3.8, 4) is 0 Å². The third-order valence-electron chi connectivity index (χ3n) is 4.77. The van der Waals surface area contributed by atoms with Gasteiger partial charge in [0.25, 0.3) is 5.91 Å². The van der Waals surface area contributed by atoms with Gasteiger partial charge in [-0.1, -0.05) is 44.2 Å². The fraction of sp³-hybridized carbons (Fsp3) is 0.450. The number of aromatic nitrogens is 2. The van der Waals surface area contributed by atoms with Gasteiger partial charge in [0.1, 0.15) is 5.69 Å². The third-order valence-corrected chi connectivity index (χ3v) is 4.77. The second-order valence-corrected chi connectivity index (χ2v) is 7.35. The number of hydrogen-bond acceptors (Lipinski definition) is 4. The lowest BCUT2D eigenvalue weighted by Gasteiger charge is -2.39. The summed E-state index contributed by atoms with van der Waals surface area (Å²) in [6.45, 7) is 6.16. The second-order valence-electron chi connectivity index (χ2n) is 7.35. The van der Waals surface area contributed by atoms with Crippen LogP contribution in [0.3, 0.4) is 0 Å². The number of rotatable bonds is 4. The molecule has 26 heavy (non-hydrogen) atoms. The predicted octanol–water partition coefficient (Wildman–Crippen LogP) is 2.10. The SMILES string of the molecule is CC(C)Cc1cc(C(=O)N2CCN(C)[C@@H](c3ccccc3)C2)nc(=O)[nH]1. The molecule has 0 spiro atoms. The Labute approximate surface area is 153 Å². The molecule has 0 unspecified atom stereocenters. The Morgan fingerprint density at radius 2 is 2.00 bits per heavy atom. The van der Waals surface area contributed by atoms with Gasteiger partial charge in [-0.05, 0) is 31.0 Å². The highest BCUT2D eigenvalue weighted by atomic mass is 16.2. The van der Waals surface area contributed by atoms with Gasteiger partial charge < -0.3 is 9.88 Å². The Balaban J connectivity index is 1.81. The highest BCUT2D eigenvalue weighted by molar-refractivity contribution is 5.92. The van der Waals surface area contributed by atoms with E-state index in [2.05, 4.69) is 47.9 Å². The van der Waals surface area contributed by atoms with Crippen molar-refractivity contribution in [3.63, 3.8) is 0 Å². The summed E-state index contributed by atoms with van der Waals surface area (Å²) in [7, 11) is 2.08. The number of benzene rings is 1. The van der Waals surface area contributed by atoms with Gasteiger partial charge in [0.2, 0.25) is 0 Å². The quantitative estimate of drug-likeness (QED) is 0.913. The molecule has 1 aliphatic heterocycles.